The van der Waals surface area contributed by atoms with Gasteiger partial charge in [-0.15, -0.1) is 0 Å². The van der Waals surface area contributed by atoms with Crippen LogP contribution in [0.25, 0.3) is 0 Å². The van der Waals surface area contributed by atoms with Crippen LogP contribution in [-0.2, 0) is 11.3 Å². The summed E-state index contributed by atoms with van der Waals surface area (Å²) in [5.41, 5.74) is 0.998. The highest BCUT2D eigenvalue weighted by molar-refractivity contribution is 9.10. The second-order valence-electron chi connectivity index (χ2n) is 5.35. The van der Waals surface area contributed by atoms with E-state index in [2.05, 4.69) is 21.2 Å². The van der Waals surface area contributed by atoms with Crippen LogP contribution < -0.4 is 5.32 Å². The molecule has 4 nitrogen and oxygen atoms in total. The van der Waals surface area contributed by atoms with Crippen LogP contribution >= 0.6 is 15.9 Å². The molecule has 2 amide bonds. The quantitative estimate of drug-likeness (QED) is 0.818. The molecular weight excluding hydrogens is 375 g/mol. The molecule has 2 aromatic rings. The van der Waals surface area contributed by atoms with Crippen molar-refractivity contribution in [2.24, 2.45) is 0 Å². The highest BCUT2D eigenvalue weighted by Crippen LogP contribution is 2.11. The molecule has 0 heterocycles. The van der Waals surface area contributed by atoms with Gasteiger partial charge in [-0.3, -0.25) is 9.59 Å². The van der Waals surface area contributed by atoms with E-state index in [4.69, 9.17) is 0 Å². The van der Waals surface area contributed by atoms with Crippen LogP contribution in [0.15, 0.2) is 53.0 Å². The lowest BCUT2D eigenvalue weighted by Crippen LogP contribution is -2.32. The predicted octanol–water partition coefficient (Wildman–Crippen LogP) is 3.37. The summed E-state index contributed by atoms with van der Waals surface area (Å²) in [6.45, 7) is 0.432. The minimum atomic E-state index is -0.333. The summed E-state index contributed by atoms with van der Waals surface area (Å²) in [6.07, 6.45) is 0.160. The number of nitrogens with zero attached hydrogens (tertiary/aromatic N) is 1. The van der Waals surface area contributed by atoms with Gasteiger partial charge in [0.05, 0.1) is 0 Å². The van der Waals surface area contributed by atoms with Gasteiger partial charge in [0.15, 0.2) is 0 Å². The van der Waals surface area contributed by atoms with Gasteiger partial charge in [-0.2, -0.15) is 0 Å². The Kier molecular flexibility index (Phi) is 6.49. The van der Waals surface area contributed by atoms with E-state index in [1.165, 1.54) is 11.0 Å². The molecule has 0 aliphatic rings. The van der Waals surface area contributed by atoms with Crippen molar-refractivity contribution in [2.45, 2.75) is 13.0 Å². The first kappa shape index (κ1) is 18.1. The van der Waals surface area contributed by atoms with Gasteiger partial charge >= 0.3 is 0 Å². The van der Waals surface area contributed by atoms with E-state index in [0.717, 1.165) is 4.47 Å². The first-order valence-electron chi connectivity index (χ1n) is 7.48. The Hall–Kier alpha value is -2.21. The number of halogens is 2. The molecule has 2 aromatic carbocycles. The van der Waals surface area contributed by atoms with E-state index in [1.807, 2.05) is 0 Å². The fraction of sp³-hybridized carbons (Fsp3) is 0.222. The van der Waals surface area contributed by atoms with Crippen molar-refractivity contribution >= 4 is 27.7 Å². The SMILES string of the molecule is CN(Cc1ccccc1F)C(=O)CCNC(=O)c1ccc(Br)cc1. The molecule has 0 radical (unpaired) electrons. The molecule has 0 aliphatic carbocycles. The first-order valence-corrected chi connectivity index (χ1v) is 8.28. The zero-order chi connectivity index (χ0) is 17.5. The number of rotatable bonds is 6. The standard InChI is InChI=1S/C18H18BrFN2O2/c1-22(12-14-4-2-3-5-16(14)20)17(23)10-11-21-18(24)13-6-8-15(19)9-7-13/h2-9H,10-12H2,1H3,(H,21,24). The Balaban J connectivity index is 1.79. The van der Waals surface area contributed by atoms with Gasteiger partial charge in [0.25, 0.3) is 5.91 Å². The van der Waals surface area contributed by atoms with Gasteiger partial charge in [-0.05, 0) is 30.3 Å². The van der Waals surface area contributed by atoms with Gasteiger partial charge < -0.3 is 10.2 Å². The van der Waals surface area contributed by atoms with Gasteiger partial charge in [0.2, 0.25) is 5.91 Å². The Morgan fingerprint density at radius 2 is 1.79 bits per heavy atom. The zero-order valence-electron chi connectivity index (χ0n) is 13.3. The van der Waals surface area contributed by atoms with E-state index in [9.17, 15) is 14.0 Å². The Labute approximate surface area is 148 Å². The van der Waals surface area contributed by atoms with Gasteiger partial charge in [0.1, 0.15) is 5.82 Å². The molecule has 0 fully saturated rings. The van der Waals surface area contributed by atoms with Crippen molar-refractivity contribution in [1.82, 2.24) is 10.2 Å². The van der Waals surface area contributed by atoms with Crippen LogP contribution in [0.2, 0.25) is 0 Å². The number of amides is 2. The minimum Gasteiger partial charge on any atom is -0.352 e. The van der Waals surface area contributed by atoms with Crippen molar-refractivity contribution in [1.29, 1.82) is 0 Å². The molecule has 1 N–H and O–H groups in total. The predicted molar refractivity (Wildman–Crippen MR) is 94.0 cm³/mol. The summed E-state index contributed by atoms with van der Waals surface area (Å²) in [5.74, 6) is -0.720. The largest absolute Gasteiger partial charge is 0.352 e. The lowest BCUT2D eigenvalue weighted by Gasteiger charge is -2.17. The second-order valence-corrected chi connectivity index (χ2v) is 6.27. The third kappa shape index (κ3) is 5.16. The van der Waals surface area contributed by atoms with Crippen LogP contribution in [0.4, 0.5) is 4.39 Å². The van der Waals surface area contributed by atoms with Gasteiger partial charge in [-0.25, -0.2) is 4.39 Å². The number of hydrogen-bond donors (Lipinski definition) is 1. The lowest BCUT2D eigenvalue weighted by atomic mass is 10.2. The summed E-state index contributed by atoms with van der Waals surface area (Å²) in [6, 6.07) is 13.3. The summed E-state index contributed by atoms with van der Waals surface area (Å²) in [4.78, 5) is 25.5. The fourth-order valence-electron chi connectivity index (χ4n) is 2.15. The molecule has 6 heteroatoms. The Bertz CT molecular complexity index is 719. The number of nitrogens with one attached hydrogen (secondary N) is 1. The third-order valence-corrected chi connectivity index (χ3v) is 4.05. The molecule has 0 aliphatic heterocycles. The van der Waals surface area contributed by atoms with Gasteiger partial charge in [-0.1, -0.05) is 34.1 Å². The van der Waals surface area contributed by atoms with Gasteiger partial charge in [0, 0.05) is 42.2 Å². The summed E-state index contributed by atoms with van der Waals surface area (Å²) in [7, 11) is 1.62. The molecule has 0 aromatic heterocycles. The van der Waals surface area contributed by atoms with E-state index in [1.54, 1.807) is 49.5 Å². The van der Waals surface area contributed by atoms with Crippen molar-refractivity contribution in [3.63, 3.8) is 0 Å². The molecular formula is C18H18BrFN2O2. The number of hydrogen-bond acceptors (Lipinski definition) is 2. The lowest BCUT2D eigenvalue weighted by molar-refractivity contribution is -0.130. The summed E-state index contributed by atoms with van der Waals surface area (Å²) in [5, 5.41) is 2.70. The van der Waals surface area contributed by atoms with Crippen LogP contribution in [0, 0.1) is 5.82 Å². The third-order valence-electron chi connectivity index (χ3n) is 3.52. The summed E-state index contributed by atoms with van der Waals surface area (Å²) >= 11 is 3.31. The second kappa shape index (κ2) is 8.59. The van der Waals surface area contributed by atoms with Crippen molar-refractivity contribution < 1.29 is 14.0 Å². The van der Waals surface area contributed by atoms with Crippen molar-refractivity contribution in [3.8, 4) is 0 Å². The molecule has 0 spiro atoms. The maximum Gasteiger partial charge on any atom is 0.251 e. The minimum absolute atomic E-state index is 0.158. The smallest absolute Gasteiger partial charge is 0.251 e. The Morgan fingerprint density at radius 1 is 1.12 bits per heavy atom. The number of carbonyl (C=O) groups is 2. The molecule has 126 valence electrons. The van der Waals surface area contributed by atoms with E-state index >= 15 is 0 Å². The number of benzene rings is 2. The normalized spacial score (nSPS) is 10.3. The average Bonchev–Trinajstić information content (AvgIpc) is 2.57. The van der Waals surface area contributed by atoms with E-state index < -0.39 is 0 Å². The summed E-state index contributed by atoms with van der Waals surface area (Å²) < 4.78 is 14.5. The van der Waals surface area contributed by atoms with E-state index in [-0.39, 0.29) is 37.1 Å². The van der Waals surface area contributed by atoms with Crippen molar-refractivity contribution in [3.05, 3.63) is 69.9 Å². The zero-order valence-corrected chi connectivity index (χ0v) is 14.8. The average molecular weight is 393 g/mol. The molecule has 0 unspecified atom stereocenters. The van der Waals surface area contributed by atoms with Crippen LogP contribution in [-0.4, -0.2) is 30.3 Å². The van der Waals surface area contributed by atoms with Crippen LogP contribution in [0.1, 0.15) is 22.3 Å². The molecule has 24 heavy (non-hydrogen) atoms. The molecule has 2 rings (SSSR count). The van der Waals surface area contributed by atoms with Crippen LogP contribution in [0.3, 0.4) is 0 Å². The first-order chi connectivity index (χ1) is 11.5. The molecule has 0 atom stereocenters. The monoisotopic (exact) mass is 392 g/mol. The maximum atomic E-state index is 13.6. The molecule has 0 saturated carbocycles. The van der Waals surface area contributed by atoms with Crippen molar-refractivity contribution in [2.75, 3.05) is 13.6 Å². The highest BCUT2D eigenvalue weighted by atomic mass is 79.9. The maximum absolute atomic E-state index is 13.6. The fourth-order valence-corrected chi connectivity index (χ4v) is 2.41. The Morgan fingerprint density at radius 3 is 2.46 bits per heavy atom. The molecule has 0 saturated heterocycles. The highest BCUT2D eigenvalue weighted by Gasteiger charge is 2.12. The molecule has 0 bridgehead atoms. The van der Waals surface area contributed by atoms with E-state index in [0.29, 0.717) is 11.1 Å². The van der Waals surface area contributed by atoms with Crippen LogP contribution in [0.5, 0.6) is 0 Å². The topological polar surface area (TPSA) is 49.4 Å². The number of carbonyl (C=O) groups excluding carboxylic acids is 2.